The topological polar surface area (TPSA) is 59.6 Å². The molecule has 0 amide bonds. The minimum Gasteiger partial charge on any atom is -0.456 e. The van der Waals surface area contributed by atoms with E-state index in [-0.39, 0.29) is 12.0 Å². The molecule has 4 aromatic carbocycles. The molecule has 2 aliphatic rings. The highest BCUT2D eigenvalue weighted by molar-refractivity contribution is 5.97. The van der Waals surface area contributed by atoms with Gasteiger partial charge >= 0.3 is 5.97 Å². The Labute approximate surface area is 198 Å². The molecule has 5 heteroatoms. The second-order valence-electron chi connectivity index (χ2n) is 8.93. The van der Waals surface area contributed by atoms with E-state index in [0.29, 0.717) is 17.1 Å². The van der Waals surface area contributed by atoms with Crippen LogP contribution in [0, 0.1) is 0 Å². The SMILES string of the molecule is CC(C)Nc1ccc2c(c1)Oc1ccc(Nc3ccccc3)cc1C21OC(=O)c2ccccc21. The second-order valence-corrected chi connectivity index (χ2v) is 8.93. The van der Waals surface area contributed by atoms with Crippen molar-refractivity contribution in [1.29, 1.82) is 0 Å². The fourth-order valence-electron chi connectivity index (χ4n) is 4.86. The van der Waals surface area contributed by atoms with E-state index in [1.807, 2.05) is 91.0 Å². The molecule has 0 saturated heterocycles. The number of ether oxygens (including phenoxy) is 2. The average Bonchev–Trinajstić information content (AvgIpc) is 3.13. The largest absolute Gasteiger partial charge is 0.456 e. The highest BCUT2D eigenvalue weighted by Crippen LogP contribution is 2.56. The molecule has 0 aromatic heterocycles. The van der Waals surface area contributed by atoms with Crippen LogP contribution in [0.15, 0.2) is 91.0 Å². The van der Waals surface area contributed by atoms with Crippen LogP contribution in [0.2, 0.25) is 0 Å². The molecule has 6 rings (SSSR count). The summed E-state index contributed by atoms with van der Waals surface area (Å²) >= 11 is 0. The van der Waals surface area contributed by atoms with Crippen molar-refractivity contribution >= 4 is 23.0 Å². The van der Waals surface area contributed by atoms with Gasteiger partial charge in [0, 0.05) is 45.9 Å². The first kappa shape index (κ1) is 20.4. The Bertz CT molecular complexity index is 1410. The molecule has 0 fully saturated rings. The monoisotopic (exact) mass is 448 g/mol. The van der Waals surface area contributed by atoms with Crippen molar-refractivity contribution in [2.45, 2.75) is 25.5 Å². The van der Waals surface area contributed by atoms with Gasteiger partial charge in [0.1, 0.15) is 11.5 Å². The van der Waals surface area contributed by atoms with Crippen LogP contribution in [0.3, 0.4) is 0 Å². The van der Waals surface area contributed by atoms with E-state index in [9.17, 15) is 4.79 Å². The number of esters is 1. The van der Waals surface area contributed by atoms with Crippen LogP contribution in [0.4, 0.5) is 17.1 Å². The lowest BCUT2D eigenvalue weighted by Gasteiger charge is -2.37. The zero-order valence-electron chi connectivity index (χ0n) is 19.0. The molecule has 2 aliphatic heterocycles. The summed E-state index contributed by atoms with van der Waals surface area (Å²) in [5.41, 5.74) is 4.73. The van der Waals surface area contributed by atoms with Crippen molar-refractivity contribution in [3.05, 3.63) is 113 Å². The predicted octanol–water partition coefficient (Wildman–Crippen LogP) is 6.82. The Morgan fingerprint density at radius 2 is 1.47 bits per heavy atom. The molecule has 2 heterocycles. The molecule has 1 unspecified atom stereocenters. The molecule has 4 aromatic rings. The Kier molecular flexibility index (Phi) is 4.59. The van der Waals surface area contributed by atoms with Crippen LogP contribution < -0.4 is 15.4 Å². The number of para-hydroxylation sites is 1. The molecule has 0 bridgehead atoms. The van der Waals surface area contributed by atoms with Crippen LogP contribution >= 0.6 is 0 Å². The Morgan fingerprint density at radius 1 is 0.706 bits per heavy atom. The third-order valence-corrected chi connectivity index (χ3v) is 6.23. The minimum absolute atomic E-state index is 0.277. The van der Waals surface area contributed by atoms with Crippen molar-refractivity contribution in [3.8, 4) is 11.5 Å². The fraction of sp³-hybridized carbons (Fsp3) is 0.138. The summed E-state index contributed by atoms with van der Waals surface area (Å²) in [6.07, 6.45) is 0. The first-order valence-corrected chi connectivity index (χ1v) is 11.4. The van der Waals surface area contributed by atoms with E-state index in [1.165, 1.54) is 0 Å². The predicted molar refractivity (Wildman–Crippen MR) is 133 cm³/mol. The van der Waals surface area contributed by atoms with Crippen LogP contribution in [-0.2, 0) is 10.3 Å². The molecule has 34 heavy (non-hydrogen) atoms. The van der Waals surface area contributed by atoms with E-state index < -0.39 is 5.60 Å². The molecule has 1 atom stereocenters. The summed E-state index contributed by atoms with van der Waals surface area (Å²) in [5, 5.41) is 6.87. The van der Waals surface area contributed by atoms with Crippen LogP contribution in [0.5, 0.6) is 11.5 Å². The van der Waals surface area contributed by atoms with Gasteiger partial charge in [-0.15, -0.1) is 0 Å². The fourth-order valence-corrected chi connectivity index (χ4v) is 4.86. The molecule has 2 N–H and O–H groups in total. The summed E-state index contributed by atoms with van der Waals surface area (Å²) < 4.78 is 12.7. The molecule has 0 saturated carbocycles. The number of carbonyl (C=O) groups excluding carboxylic acids is 1. The summed E-state index contributed by atoms with van der Waals surface area (Å²) in [6.45, 7) is 4.18. The van der Waals surface area contributed by atoms with E-state index >= 15 is 0 Å². The number of benzene rings is 4. The van der Waals surface area contributed by atoms with Crippen molar-refractivity contribution in [2.75, 3.05) is 10.6 Å². The van der Waals surface area contributed by atoms with Crippen molar-refractivity contribution in [3.63, 3.8) is 0 Å². The molecular weight excluding hydrogens is 424 g/mol. The summed E-state index contributed by atoms with van der Waals surface area (Å²) in [4.78, 5) is 13.1. The first-order chi connectivity index (χ1) is 16.5. The number of hydrogen-bond donors (Lipinski definition) is 2. The maximum atomic E-state index is 13.1. The number of anilines is 3. The van der Waals surface area contributed by atoms with Crippen molar-refractivity contribution < 1.29 is 14.3 Å². The molecule has 5 nitrogen and oxygen atoms in total. The van der Waals surface area contributed by atoms with Gasteiger partial charge in [0.2, 0.25) is 0 Å². The molecule has 0 aliphatic carbocycles. The first-order valence-electron chi connectivity index (χ1n) is 11.4. The van der Waals surface area contributed by atoms with E-state index in [0.717, 1.165) is 33.8 Å². The molecule has 1 spiro atoms. The van der Waals surface area contributed by atoms with Crippen molar-refractivity contribution in [1.82, 2.24) is 0 Å². The van der Waals surface area contributed by atoms with Gasteiger partial charge in [0.25, 0.3) is 0 Å². The quantitative estimate of drug-likeness (QED) is 0.336. The maximum absolute atomic E-state index is 13.1. The summed E-state index contributed by atoms with van der Waals surface area (Å²) in [7, 11) is 0. The lowest BCUT2D eigenvalue weighted by Crippen LogP contribution is -2.33. The lowest BCUT2D eigenvalue weighted by atomic mass is 9.77. The zero-order chi connectivity index (χ0) is 23.3. The van der Waals surface area contributed by atoms with Gasteiger partial charge < -0.3 is 20.1 Å². The van der Waals surface area contributed by atoms with Crippen LogP contribution in [0.25, 0.3) is 0 Å². The van der Waals surface area contributed by atoms with Gasteiger partial charge in [0.15, 0.2) is 5.60 Å². The van der Waals surface area contributed by atoms with E-state index in [2.05, 4.69) is 24.5 Å². The maximum Gasteiger partial charge on any atom is 0.340 e. The standard InChI is InChI=1S/C29H24N2O3/c1-18(2)30-21-12-14-24-27(17-21)33-26-15-13-20(31-19-8-4-3-5-9-19)16-25(26)29(24)23-11-7-6-10-22(23)28(32)34-29/h3-18,30-31H,1-2H3. The number of rotatable bonds is 4. The van der Waals surface area contributed by atoms with Gasteiger partial charge in [-0.1, -0.05) is 36.4 Å². The lowest BCUT2D eigenvalue weighted by molar-refractivity contribution is 0.0224. The smallest absolute Gasteiger partial charge is 0.340 e. The average molecular weight is 449 g/mol. The Morgan fingerprint density at radius 3 is 2.29 bits per heavy atom. The molecular formula is C29H24N2O3. The Hall–Kier alpha value is -4.25. The van der Waals surface area contributed by atoms with E-state index in [1.54, 1.807) is 0 Å². The van der Waals surface area contributed by atoms with Crippen LogP contribution in [0.1, 0.15) is 40.9 Å². The second kappa shape index (κ2) is 7.66. The van der Waals surface area contributed by atoms with Gasteiger partial charge in [-0.25, -0.2) is 4.79 Å². The van der Waals surface area contributed by atoms with Crippen LogP contribution in [-0.4, -0.2) is 12.0 Å². The van der Waals surface area contributed by atoms with Gasteiger partial charge in [-0.05, 0) is 62.4 Å². The summed E-state index contributed by atoms with van der Waals surface area (Å²) in [6, 6.07) is 29.8. The third kappa shape index (κ3) is 3.12. The summed E-state index contributed by atoms with van der Waals surface area (Å²) in [5.74, 6) is 1.00. The molecule has 0 radical (unpaired) electrons. The zero-order valence-corrected chi connectivity index (χ0v) is 19.0. The highest BCUT2D eigenvalue weighted by Gasteiger charge is 2.53. The van der Waals surface area contributed by atoms with Gasteiger partial charge in [-0.3, -0.25) is 0 Å². The van der Waals surface area contributed by atoms with E-state index in [4.69, 9.17) is 9.47 Å². The number of hydrogen-bond acceptors (Lipinski definition) is 5. The van der Waals surface area contributed by atoms with Crippen molar-refractivity contribution in [2.24, 2.45) is 0 Å². The number of carbonyl (C=O) groups is 1. The number of nitrogens with one attached hydrogen (secondary N) is 2. The molecule has 168 valence electrons. The number of fused-ring (bicyclic) bond motifs is 6. The third-order valence-electron chi connectivity index (χ3n) is 6.23. The highest BCUT2D eigenvalue weighted by atomic mass is 16.6. The minimum atomic E-state index is -1.08. The van der Waals surface area contributed by atoms with Gasteiger partial charge in [-0.2, -0.15) is 0 Å². The van der Waals surface area contributed by atoms with Gasteiger partial charge in [0.05, 0.1) is 5.56 Å². The Balaban J connectivity index is 1.55. The normalized spacial score (nSPS) is 17.4.